The molecule has 2 heteroatoms. The van der Waals surface area contributed by atoms with Gasteiger partial charge in [0.05, 0.1) is 6.26 Å². The summed E-state index contributed by atoms with van der Waals surface area (Å²) in [5.74, 6) is -0.383. The number of ether oxygens (including phenoxy) is 1. The molecule has 0 fully saturated rings. The Kier molecular flexibility index (Phi) is 3.71. The maximum atomic E-state index is 11.2. The van der Waals surface area contributed by atoms with Crippen LogP contribution in [0.3, 0.4) is 0 Å². The molecule has 1 aliphatic carbocycles. The molecule has 0 saturated heterocycles. The SMILES string of the molecule is O=C1C=CC=C2C=CC=C2C=CC=CC=CO1. The molecule has 0 aromatic rings. The van der Waals surface area contributed by atoms with Gasteiger partial charge in [0.2, 0.25) is 0 Å². The lowest BCUT2D eigenvalue weighted by Gasteiger charge is -1.95. The third-order valence-corrected chi connectivity index (χ3v) is 2.26. The number of hydrogen-bond acceptors (Lipinski definition) is 2. The first kappa shape index (κ1) is 11.1. The van der Waals surface area contributed by atoms with Crippen LogP contribution in [0.2, 0.25) is 0 Å². The highest BCUT2D eigenvalue weighted by atomic mass is 16.5. The Labute approximate surface area is 100 Å². The number of hydrogen-bond donors (Lipinski definition) is 0. The number of cyclic esters (lactones) is 1. The van der Waals surface area contributed by atoms with E-state index in [0.717, 1.165) is 11.1 Å². The zero-order valence-electron chi connectivity index (χ0n) is 9.24. The van der Waals surface area contributed by atoms with Crippen LogP contribution in [0, 0.1) is 0 Å². The van der Waals surface area contributed by atoms with Crippen LogP contribution in [0.5, 0.6) is 0 Å². The van der Waals surface area contributed by atoms with Crippen LogP contribution < -0.4 is 0 Å². The van der Waals surface area contributed by atoms with Gasteiger partial charge in [0.25, 0.3) is 0 Å². The van der Waals surface area contributed by atoms with Crippen LogP contribution in [0.25, 0.3) is 0 Å². The Morgan fingerprint density at radius 3 is 2.18 bits per heavy atom. The summed E-state index contributed by atoms with van der Waals surface area (Å²) in [5, 5.41) is 0. The highest BCUT2D eigenvalue weighted by molar-refractivity contribution is 5.82. The zero-order valence-corrected chi connectivity index (χ0v) is 9.24. The Hall–Kier alpha value is -2.35. The number of rotatable bonds is 0. The molecule has 0 atom stereocenters. The van der Waals surface area contributed by atoms with Crippen molar-refractivity contribution in [1.82, 2.24) is 0 Å². The van der Waals surface area contributed by atoms with Crippen molar-refractivity contribution in [3.8, 4) is 0 Å². The summed E-state index contributed by atoms with van der Waals surface area (Å²) in [7, 11) is 0. The second-order valence-corrected chi connectivity index (χ2v) is 3.47. The van der Waals surface area contributed by atoms with E-state index in [4.69, 9.17) is 4.74 Å². The average Bonchev–Trinajstić information content (AvgIpc) is 2.75. The molecule has 17 heavy (non-hydrogen) atoms. The predicted octanol–water partition coefficient (Wildman–Crippen LogP) is 3.15. The van der Waals surface area contributed by atoms with Crippen LogP contribution in [0.4, 0.5) is 0 Å². The van der Waals surface area contributed by atoms with Crippen molar-refractivity contribution < 1.29 is 9.53 Å². The van der Waals surface area contributed by atoms with Gasteiger partial charge in [0.15, 0.2) is 0 Å². The van der Waals surface area contributed by atoms with Crippen molar-refractivity contribution in [2.75, 3.05) is 0 Å². The van der Waals surface area contributed by atoms with Crippen LogP contribution >= 0.6 is 0 Å². The monoisotopic (exact) mass is 224 g/mol. The van der Waals surface area contributed by atoms with E-state index in [1.165, 1.54) is 12.3 Å². The molecule has 0 unspecified atom stereocenters. The van der Waals surface area contributed by atoms with E-state index in [1.54, 1.807) is 18.2 Å². The third-order valence-electron chi connectivity index (χ3n) is 2.26. The summed E-state index contributed by atoms with van der Waals surface area (Å²) < 4.78 is 4.82. The molecule has 2 rings (SSSR count). The Balaban J connectivity index is 2.26. The van der Waals surface area contributed by atoms with Gasteiger partial charge in [-0.1, -0.05) is 54.7 Å². The van der Waals surface area contributed by atoms with E-state index >= 15 is 0 Å². The molecule has 0 aromatic carbocycles. The molecule has 0 N–H and O–H groups in total. The topological polar surface area (TPSA) is 26.3 Å². The molecule has 1 heterocycles. The first-order valence-corrected chi connectivity index (χ1v) is 5.34. The standard InChI is InChI=1S/C15H12O2/c16-15-11-6-10-14-9-5-8-13(14)7-3-1-2-4-12-17-15/h1-12H. The fraction of sp³-hybridized carbons (Fsp3) is 0. The minimum Gasteiger partial charge on any atom is -0.431 e. The largest absolute Gasteiger partial charge is 0.431 e. The van der Waals surface area contributed by atoms with E-state index < -0.39 is 0 Å². The number of fused-ring (bicyclic) bond motifs is 1. The summed E-state index contributed by atoms with van der Waals surface area (Å²) in [6.45, 7) is 0. The Morgan fingerprint density at radius 1 is 0.706 bits per heavy atom. The zero-order chi connectivity index (χ0) is 11.9. The van der Waals surface area contributed by atoms with Crippen LogP contribution in [0.15, 0.2) is 84.2 Å². The van der Waals surface area contributed by atoms with Gasteiger partial charge in [0.1, 0.15) is 0 Å². The predicted molar refractivity (Wildman–Crippen MR) is 68.0 cm³/mol. The molecule has 1 aliphatic heterocycles. The molecule has 84 valence electrons. The first-order chi connectivity index (χ1) is 8.36. The van der Waals surface area contributed by atoms with Gasteiger partial charge >= 0.3 is 5.97 Å². The second kappa shape index (κ2) is 5.66. The van der Waals surface area contributed by atoms with Gasteiger partial charge in [-0.2, -0.15) is 0 Å². The molecule has 0 saturated carbocycles. The Bertz CT molecular complexity index is 509. The third kappa shape index (κ3) is 3.31. The fourth-order valence-corrected chi connectivity index (χ4v) is 1.46. The van der Waals surface area contributed by atoms with Crippen LogP contribution in [0.1, 0.15) is 0 Å². The highest BCUT2D eigenvalue weighted by Gasteiger charge is 2.01. The number of allylic oxidation sites excluding steroid dienone is 12. The molecule has 0 bridgehead atoms. The molecule has 0 radical (unpaired) electrons. The molecule has 2 aliphatic rings. The molecule has 0 spiro atoms. The minimum atomic E-state index is -0.383. The lowest BCUT2D eigenvalue weighted by atomic mass is 10.1. The van der Waals surface area contributed by atoms with Crippen molar-refractivity contribution >= 4 is 5.97 Å². The van der Waals surface area contributed by atoms with Gasteiger partial charge in [-0.15, -0.1) is 0 Å². The highest BCUT2D eigenvalue weighted by Crippen LogP contribution is 2.19. The lowest BCUT2D eigenvalue weighted by Crippen LogP contribution is -1.92. The van der Waals surface area contributed by atoms with Gasteiger partial charge in [0, 0.05) is 6.08 Å². The maximum Gasteiger partial charge on any atom is 0.335 e. The second-order valence-electron chi connectivity index (χ2n) is 3.47. The van der Waals surface area contributed by atoms with E-state index in [-0.39, 0.29) is 5.97 Å². The summed E-state index contributed by atoms with van der Waals surface area (Å²) in [4.78, 5) is 11.2. The van der Waals surface area contributed by atoms with E-state index in [9.17, 15) is 4.79 Å². The molecular weight excluding hydrogens is 212 g/mol. The van der Waals surface area contributed by atoms with E-state index in [1.807, 2.05) is 42.5 Å². The smallest absolute Gasteiger partial charge is 0.335 e. The van der Waals surface area contributed by atoms with Crippen molar-refractivity contribution in [2.24, 2.45) is 0 Å². The lowest BCUT2D eigenvalue weighted by molar-refractivity contribution is -0.132. The van der Waals surface area contributed by atoms with Gasteiger partial charge in [-0.3, -0.25) is 0 Å². The number of esters is 1. The Morgan fingerprint density at radius 2 is 1.35 bits per heavy atom. The maximum absolute atomic E-state index is 11.2. The average molecular weight is 224 g/mol. The van der Waals surface area contributed by atoms with Gasteiger partial charge in [-0.25, -0.2) is 4.79 Å². The molecule has 2 nitrogen and oxygen atoms in total. The summed E-state index contributed by atoms with van der Waals surface area (Å²) >= 11 is 0. The van der Waals surface area contributed by atoms with E-state index in [0.29, 0.717) is 0 Å². The van der Waals surface area contributed by atoms with Crippen molar-refractivity contribution in [3.05, 3.63) is 84.2 Å². The van der Waals surface area contributed by atoms with Gasteiger partial charge < -0.3 is 4.74 Å². The van der Waals surface area contributed by atoms with Gasteiger partial charge in [-0.05, 0) is 17.2 Å². The molecular formula is C15H12O2. The van der Waals surface area contributed by atoms with Crippen LogP contribution in [-0.2, 0) is 9.53 Å². The minimum absolute atomic E-state index is 0.383. The van der Waals surface area contributed by atoms with Crippen molar-refractivity contribution in [2.45, 2.75) is 0 Å². The first-order valence-electron chi connectivity index (χ1n) is 5.34. The number of carbonyl (C=O) groups excluding carboxylic acids is 1. The summed E-state index contributed by atoms with van der Waals surface area (Å²) in [6, 6.07) is 0. The molecule has 0 amide bonds. The summed E-state index contributed by atoms with van der Waals surface area (Å²) in [6.07, 6.45) is 21.6. The van der Waals surface area contributed by atoms with Crippen LogP contribution in [-0.4, -0.2) is 5.97 Å². The normalized spacial score (nSPS) is 18.7. The van der Waals surface area contributed by atoms with Crippen molar-refractivity contribution in [3.63, 3.8) is 0 Å². The fourth-order valence-electron chi connectivity index (χ4n) is 1.46. The van der Waals surface area contributed by atoms with Crippen molar-refractivity contribution in [1.29, 1.82) is 0 Å². The number of carbonyl (C=O) groups is 1. The quantitative estimate of drug-likeness (QED) is 0.591. The summed E-state index contributed by atoms with van der Waals surface area (Å²) in [5.41, 5.74) is 2.20. The van der Waals surface area contributed by atoms with E-state index in [2.05, 4.69) is 0 Å². The molecule has 0 aromatic heterocycles.